The van der Waals surface area contributed by atoms with Crippen LogP contribution >= 0.6 is 0 Å². The zero-order valence-electron chi connectivity index (χ0n) is 7.95. The molecule has 0 bridgehead atoms. The molecule has 0 unspecified atom stereocenters. The molecule has 1 aromatic heterocycles. The van der Waals surface area contributed by atoms with Gasteiger partial charge in [-0.15, -0.1) is 0 Å². The van der Waals surface area contributed by atoms with Gasteiger partial charge in [0.05, 0.1) is 0 Å². The molecule has 1 fully saturated rings. The van der Waals surface area contributed by atoms with Crippen molar-refractivity contribution in [2.24, 2.45) is 7.05 Å². The number of nitrogens with zero attached hydrogens (tertiary/aromatic N) is 2. The minimum absolute atomic E-state index is 0.594. The molecule has 1 aromatic rings. The van der Waals surface area contributed by atoms with E-state index in [9.17, 15) is 0 Å². The Morgan fingerprint density at radius 1 is 1.54 bits per heavy atom. The summed E-state index contributed by atoms with van der Waals surface area (Å²) in [5.41, 5.74) is 0. The van der Waals surface area contributed by atoms with Crippen molar-refractivity contribution >= 4 is 5.82 Å². The van der Waals surface area contributed by atoms with Gasteiger partial charge in [-0.1, -0.05) is 0 Å². The van der Waals surface area contributed by atoms with E-state index in [1.54, 1.807) is 0 Å². The maximum Gasteiger partial charge on any atom is 0.148 e. The van der Waals surface area contributed by atoms with Gasteiger partial charge in [0.1, 0.15) is 5.82 Å². The highest BCUT2D eigenvalue weighted by Gasteiger charge is 2.12. The number of aromatic nitrogens is 2. The molecule has 4 nitrogen and oxygen atoms in total. The molecular weight excluding hydrogens is 164 g/mol. The summed E-state index contributed by atoms with van der Waals surface area (Å²) in [6.45, 7) is 2.23. The maximum atomic E-state index is 4.29. The average Bonchev–Trinajstić information content (AvgIpc) is 2.53. The Morgan fingerprint density at radius 3 is 2.92 bits per heavy atom. The zero-order chi connectivity index (χ0) is 9.10. The van der Waals surface area contributed by atoms with Crippen molar-refractivity contribution in [1.29, 1.82) is 0 Å². The molecule has 0 atom stereocenters. The third kappa shape index (κ3) is 2.21. The maximum absolute atomic E-state index is 4.29. The first-order chi connectivity index (χ1) is 6.34. The lowest BCUT2D eigenvalue weighted by atomic mass is 10.1. The van der Waals surface area contributed by atoms with Crippen LogP contribution in [0.1, 0.15) is 12.8 Å². The molecule has 4 heteroatoms. The molecule has 13 heavy (non-hydrogen) atoms. The molecule has 1 aliphatic rings. The van der Waals surface area contributed by atoms with E-state index in [0.717, 1.165) is 18.9 Å². The predicted octanol–water partition coefficient (Wildman–Crippen LogP) is 0.584. The van der Waals surface area contributed by atoms with E-state index in [2.05, 4.69) is 15.7 Å². The lowest BCUT2D eigenvalue weighted by Crippen LogP contribution is -2.35. The van der Waals surface area contributed by atoms with Crippen molar-refractivity contribution in [2.45, 2.75) is 18.9 Å². The number of nitrogens with one attached hydrogen (secondary N) is 2. The fourth-order valence-corrected chi connectivity index (χ4v) is 1.67. The van der Waals surface area contributed by atoms with E-state index in [1.807, 2.05) is 24.0 Å². The van der Waals surface area contributed by atoms with Gasteiger partial charge < -0.3 is 10.6 Å². The molecule has 0 aliphatic carbocycles. The molecule has 0 amide bonds. The second-order valence-corrected chi connectivity index (χ2v) is 3.54. The normalized spacial score (nSPS) is 18.8. The van der Waals surface area contributed by atoms with Crippen molar-refractivity contribution < 1.29 is 0 Å². The molecule has 72 valence electrons. The number of hydrogen-bond acceptors (Lipinski definition) is 3. The number of anilines is 1. The van der Waals surface area contributed by atoms with Crippen molar-refractivity contribution in [3.8, 4) is 0 Å². The fraction of sp³-hybridized carbons (Fsp3) is 0.667. The Morgan fingerprint density at radius 2 is 2.31 bits per heavy atom. The van der Waals surface area contributed by atoms with Crippen LogP contribution < -0.4 is 10.6 Å². The first kappa shape index (κ1) is 8.56. The molecule has 1 saturated heterocycles. The van der Waals surface area contributed by atoms with Gasteiger partial charge >= 0.3 is 0 Å². The van der Waals surface area contributed by atoms with Crippen LogP contribution in [0.4, 0.5) is 5.82 Å². The second kappa shape index (κ2) is 3.79. The van der Waals surface area contributed by atoms with Crippen LogP contribution in [-0.2, 0) is 7.05 Å². The first-order valence-electron chi connectivity index (χ1n) is 4.81. The van der Waals surface area contributed by atoms with Crippen LogP contribution in [0, 0.1) is 0 Å². The monoisotopic (exact) mass is 180 g/mol. The molecule has 1 aliphatic heterocycles. The minimum Gasteiger partial charge on any atom is -0.366 e. The largest absolute Gasteiger partial charge is 0.366 e. The van der Waals surface area contributed by atoms with Crippen LogP contribution in [0.5, 0.6) is 0 Å². The van der Waals surface area contributed by atoms with Crippen LogP contribution in [0.25, 0.3) is 0 Å². The average molecular weight is 180 g/mol. The van der Waals surface area contributed by atoms with E-state index < -0.39 is 0 Å². The summed E-state index contributed by atoms with van der Waals surface area (Å²) in [5.74, 6) is 0.995. The molecular formula is C9H16N4. The number of hydrogen-bond donors (Lipinski definition) is 2. The summed E-state index contributed by atoms with van der Waals surface area (Å²) in [4.78, 5) is 0. The third-order valence-electron chi connectivity index (χ3n) is 2.40. The molecule has 0 aromatic carbocycles. The van der Waals surface area contributed by atoms with Gasteiger partial charge in [-0.05, 0) is 25.9 Å². The molecule has 2 heterocycles. The Bertz CT molecular complexity index is 262. The topological polar surface area (TPSA) is 41.9 Å². The van der Waals surface area contributed by atoms with Crippen LogP contribution in [0.15, 0.2) is 12.3 Å². The Kier molecular flexibility index (Phi) is 2.49. The lowest BCUT2D eigenvalue weighted by molar-refractivity contribution is 0.478. The highest BCUT2D eigenvalue weighted by molar-refractivity contribution is 5.33. The lowest BCUT2D eigenvalue weighted by Gasteiger charge is -2.23. The summed E-state index contributed by atoms with van der Waals surface area (Å²) in [6, 6.07) is 2.61. The SMILES string of the molecule is Cn1ccc(NC2CCNCC2)n1. The Hall–Kier alpha value is -1.03. The summed E-state index contributed by atoms with van der Waals surface area (Å²) >= 11 is 0. The van der Waals surface area contributed by atoms with Crippen molar-refractivity contribution in [3.63, 3.8) is 0 Å². The van der Waals surface area contributed by atoms with Gasteiger partial charge in [0.15, 0.2) is 0 Å². The molecule has 2 N–H and O–H groups in total. The predicted molar refractivity (Wildman–Crippen MR) is 52.7 cm³/mol. The molecule has 0 saturated carbocycles. The van der Waals surface area contributed by atoms with Gasteiger partial charge in [0.25, 0.3) is 0 Å². The summed E-state index contributed by atoms with van der Waals surface area (Å²) in [6.07, 6.45) is 4.34. The van der Waals surface area contributed by atoms with Crippen LogP contribution in [0.2, 0.25) is 0 Å². The van der Waals surface area contributed by atoms with Gasteiger partial charge in [-0.2, -0.15) is 5.10 Å². The highest BCUT2D eigenvalue weighted by Crippen LogP contribution is 2.10. The van der Waals surface area contributed by atoms with Crippen molar-refractivity contribution in [2.75, 3.05) is 18.4 Å². The second-order valence-electron chi connectivity index (χ2n) is 3.54. The van der Waals surface area contributed by atoms with E-state index in [-0.39, 0.29) is 0 Å². The summed E-state index contributed by atoms with van der Waals surface area (Å²) in [5, 5.41) is 11.1. The number of aryl methyl sites for hydroxylation is 1. The van der Waals surface area contributed by atoms with E-state index in [1.165, 1.54) is 12.8 Å². The van der Waals surface area contributed by atoms with Gasteiger partial charge in [-0.3, -0.25) is 4.68 Å². The summed E-state index contributed by atoms with van der Waals surface area (Å²) < 4.78 is 1.82. The first-order valence-corrected chi connectivity index (χ1v) is 4.81. The van der Waals surface area contributed by atoms with Crippen LogP contribution in [-0.4, -0.2) is 28.9 Å². The standard InChI is InChI=1S/C9H16N4/c1-13-7-4-9(12-13)11-8-2-5-10-6-3-8/h4,7-8,10H,2-3,5-6H2,1H3,(H,11,12). The Labute approximate surface area is 78.3 Å². The fourth-order valence-electron chi connectivity index (χ4n) is 1.67. The van der Waals surface area contributed by atoms with Gasteiger partial charge in [0.2, 0.25) is 0 Å². The number of piperidine rings is 1. The van der Waals surface area contributed by atoms with E-state index in [0.29, 0.717) is 6.04 Å². The van der Waals surface area contributed by atoms with Crippen molar-refractivity contribution in [3.05, 3.63) is 12.3 Å². The number of rotatable bonds is 2. The smallest absolute Gasteiger partial charge is 0.148 e. The molecule has 0 radical (unpaired) electrons. The molecule has 0 spiro atoms. The van der Waals surface area contributed by atoms with Gasteiger partial charge in [0, 0.05) is 25.4 Å². The van der Waals surface area contributed by atoms with Crippen molar-refractivity contribution in [1.82, 2.24) is 15.1 Å². The zero-order valence-corrected chi connectivity index (χ0v) is 7.95. The van der Waals surface area contributed by atoms with Gasteiger partial charge in [-0.25, -0.2) is 0 Å². The third-order valence-corrected chi connectivity index (χ3v) is 2.40. The Balaban J connectivity index is 1.89. The highest BCUT2D eigenvalue weighted by atomic mass is 15.3. The summed E-state index contributed by atoms with van der Waals surface area (Å²) in [7, 11) is 1.94. The van der Waals surface area contributed by atoms with Crippen LogP contribution in [0.3, 0.4) is 0 Å². The molecule has 2 rings (SSSR count). The van der Waals surface area contributed by atoms with E-state index in [4.69, 9.17) is 0 Å². The van der Waals surface area contributed by atoms with E-state index >= 15 is 0 Å². The minimum atomic E-state index is 0.594. The quantitative estimate of drug-likeness (QED) is 0.699.